The van der Waals surface area contributed by atoms with Crippen LogP contribution in [0.3, 0.4) is 0 Å². The second kappa shape index (κ2) is 8.04. The molecule has 1 N–H and O–H groups in total. The summed E-state index contributed by atoms with van der Waals surface area (Å²) < 4.78 is 5.34. The number of nitrogens with zero attached hydrogens (tertiary/aromatic N) is 1. The summed E-state index contributed by atoms with van der Waals surface area (Å²) in [7, 11) is 1.80. The Morgan fingerprint density at radius 1 is 1.38 bits per heavy atom. The predicted molar refractivity (Wildman–Crippen MR) is 68.8 cm³/mol. The van der Waals surface area contributed by atoms with E-state index < -0.39 is 0 Å². The van der Waals surface area contributed by atoms with Crippen LogP contribution in [0.2, 0.25) is 0 Å². The zero-order valence-electron chi connectivity index (χ0n) is 11.2. The Kier molecular flexibility index (Phi) is 7.01. The van der Waals surface area contributed by atoms with Crippen LogP contribution in [0.5, 0.6) is 0 Å². The fraction of sp³-hybridized carbons (Fsp3) is 1.00. The molecule has 0 heterocycles. The molecule has 3 heteroatoms. The van der Waals surface area contributed by atoms with Gasteiger partial charge in [0.2, 0.25) is 0 Å². The molecule has 0 aromatic carbocycles. The van der Waals surface area contributed by atoms with Crippen LogP contribution in [0.15, 0.2) is 0 Å². The molecule has 1 saturated carbocycles. The SMILES string of the molecule is CCCCN(CC)C(CNC1CC1)COC. The Balaban J connectivity index is 2.29. The minimum Gasteiger partial charge on any atom is -0.383 e. The number of unbranched alkanes of at least 4 members (excludes halogenated alkanes) is 1. The summed E-state index contributed by atoms with van der Waals surface area (Å²) >= 11 is 0. The molecule has 1 unspecified atom stereocenters. The number of nitrogens with one attached hydrogen (secondary N) is 1. The number of rotatable bonds is 10. The van der Waals surface area contributed by atoms with Gasteiger partial charge in [-0.3, -0.25) is 4.90 Å². The Morgan fingerprint density at radius 3 is 2.62 bits per heavy atom. The zero-order chi connectivity index (χ0) is 11.8. The number of hydrogen-bond acceptors (Lipinski definition) is 3. The fourth-order valence-corrected chi connectivity index (χ4v) is 2.04. The molecule has 1 aliphatic carbocycles. The third kappa shape index (κ3) is 5.28. The van der Waals surface area contributed by atoms with Gasteiger partial charge in [0, 0.05) is 25.7 Å². The molecule has 1 fully saturated rings. The van der Waals surface area contributed by atoms with E-state index in [2.05, 4.69) is 24.1 Å². The van der Waals surface area contributed by atoms with Gasteiger partial charge in [-0.05, 0) is 32.4 Å². The van der Waals surface area contributed by atoms with E-state index in [-0.39, 0.29) is 0 Å². The van der Waals surface area contributed by atoms with Crippen molar-refractivity contribution in [2.45, 2.75) is 51.6 Å². The fourth-order valence-electron chi connectivity index (χ4n) is 2.04. The highest BCUT2D eigenvalue weighted by atomic mass is 16.5. The molecule has 96 valence electrons. The molecule has 1 aliphatic rings. The molecule has 16 heavy (non-hydrogen) atoms. The predicted octanol–water partition coefficient (Wildman–Crippen LogP) is 1.88. The van der Waals surface area contributed by atoms with Gasteiger partial charge in [-0.2, -0.15) is 0 Å². The van der Waals surface area contributed by atoms with E-state index in [1.165, 1.54) is 32.2 Å². The number of methoxy groups -OCH3 is 1. The van der Waals surface area contributed by atoms with E-state index in [9.17, 15) is 0 Å². The van der Waals surface area contributed by atoms with Crippen molar-refractivity contribution >= 4 is 0 Å². The Bertz CT molecular complexity index is 171. The molecular weight excluding hydrogens is 200 g/mol. The Hall–Kier alpha value is -0.120. The van der Waals surface area contributed by atoms with Gasteiger partial charge in [0.1, 0.15) is 0 Å². The molecule has 0 aromatic rings. The van der Waals surface area contributed by atoms with E-state index >= 15 is 0 Å². The standard InChI is InChI=1S/C13H28N2O/c1-4-6-9-15(5-2)13(11-16-3)10-14-12-7-8-12/h12-14H,4-11H2,1-3H3. The van der Waals surface area contributed by atoms with Crippen molar-refractivity contribution < 1.29 is 4.74 Å². The molecular formula is C13H28N2O. The van der Waals surface area contributed by atoms with Gasteiger partial charge in [-0.15, -0.1) is 0 Å². The van der Waals surface area contributed by atoms with Crippen molar-refractivity contribution in [1.82, 2.24) is 10.2 Å². The third-order valence-electron chi connectivity index (χ3n) is 3.30. The quantitative estimate of drug-likeness (QED) is 0.618. The minimum absolute atomic E-state index is 0.544. The first-order chi connectivity index (χ1) is 7.81. The molecule has 3 nitrogen and oxygen atoms in total. The van der Waals surface area contributed by atoms with E-state index in [4.69, 9.17) is 4.74 Å². The monoisotopic (exact) mass is 228 g/mol. The summed E-state index contributed by atoms with van der Waals surface area (Å²) in [6.45, 7) is 8.75. The molecule has 0 amide bonds. The van der Waals surface area contributed by atoms with Crippen LogP contribution >= 0.6 is 0 Å². The molecule has 0 aliphatic heterocycles. The van der Waals surface area contributed by atoms with E-state index in [1.54, 1.807) is 7.11 Å². The maximum Gasteiger partial charge on any atom is 0.0630 e. The number of ether oxygens (including phenoxy) is 1. The normalized spacial score (nSPS) is 18.0. The molecule has 0 aromatic heterocycles. The highest BCUT2D eigenvalue weighted by Gasteiger charge is 2.23. The van der Waals surface area contributed by atoms with Crippen molar-refractivity contribution in [2.75, 3.05) is 33.4 Å². The van der Waals surface area contributed by atoms with Crippen LogP contribution in [0, 0.1) is 0 Å². The lowest BCUT2D eigenvalue weighted by molar-refractivity contribution is 0.0912. The van der Waals surface area contributed by atoms with Gasteiger partial charge in [0.15, 0.2) is 0 Å². The van der Waals surface area contributed by atoms with Gasteiger partial charge in [0.25, 0.3) is 0 Å². The van der Waals surface area contributed by atoms with Crippen molar-refractivity contribution in [3.05, 3.63) is 0 Å². The van der Waals surface area contributed by atoms with E-state index in [0.717, 1.165) is 25.7 Å². The number of hydrogen-bond donors (Lipinski definition) is 1. The van der Waals surface area contributed by atoms with E-state index in [0.29, 0.717) is 6.04 Å². The summed E-state index contributed by atoms with van der Waals surface area (Å²) in [6.07, 6.45) is 5.28. The van der Waals surface area contributed by atoms with Gasteiger partial charge in [-0.1, -0.05) is 20.3 Å². The van der Waals surface area contributed by atoms with Crippen LogP contribution in [-0.2, 0) is 4.74 Å². The largest absolute Gasteiger partial charge is 0.383 e. The van der Waals surface area contributed by atoms with Crippen molar-refractivity contribution in [1.29, 1.82) is 0 Å². The van der Waals surface area contributed by atoms with Gasteiger partial charge in [0.05, 0.1) is 6.61 Å². The molecule has 1 atom stereocenters. The van der Waals surface area contributed by atoms with Crippen LogP contribution in [-0.4, -0.2) is 50.3 Å². The minimum atomic E-state index is 0.544. The van der Waals surface area contributed by atoms with Gasteiger partial charge >= 0.3 is 0 Å². The van der Waals surface area contributed by atoms with E-state index in [1.807, 2.05) is 0 Å². The first-order valence-electron chi connectivity index (χ1n) is 6.78. The highest BCUT2D eigenvalue weighted by molar-refractivity contribution is 4.84. The maximum absolute atomic E-state index is 5.34. The summed E-state index contributed by atoms with van der Waals surface area (Å²) in [5.41, 5.74) is 0. The average Bonchev–Trinajstić information content (AvgIpc) is 3.10. The molecule has 0 radical (unpaired) electrons. The summed E-state index contributed by atoms with van der Waals surface area (Å²) in [4.78, 5) is 2.54. The lowest BCUT2D eigenvalue weighted by Crippen LogP contribution is -2.46. The number of likely N-dealkylation sites (N-methyl/N-ethyl adjacent to an activating group) is 1. The van der Waals surface area contributed by atoms with Crippen LogP contribution in [0.4, 0.5) is 0 Å². The van der Waals surface area contributed by atoms with Crippen molar-refractivity contribution in [3.63, 3.8) is 0 Å². The van der Waals surface area contributed by atoms with Crippen LogP contribution in [0.25, 0.3) is 0 Å². The Labute approximate surface area is 101 Å². The molecule has 1 rings (SSSR count). The second-order valence-corrected chi connectivity index (χ2v) is 4.77. The zero-order valence-corrected chi connectivity index (χ0v) is 11.2. The third-order valence-corrected chi connectivity index (χ3v) is 3.30. The second-order valence-electron chi connectivity index (χ2n) is 4.77. The topological polar surface area (TPSA) is 24.5 Å². The van der Waals surface area contributed by atoms with Gasteiger partial charge in [-0.25, -0.2) is 0 Å². The van der Waals surface area contributed by atoms with Crippen LogP contribution in [0.1, 0.15) is 39.5 Å². The average molecular weight is 228 g/mol. The molecule has 0 spiro atoms. The summed E-state index contributed by atoms with van der Waals surface area (Å²) in [5.74, 6) is 0. The Morgan fingerprint density at radius 2 is 2.12 bits per heavy atom. The molecule has 0 bridgehead atoms. The maximum atomic E-state index is 5.34. The molecule has 0 saturated heterocycles. The summed E-state index contributed by atoms with van der Waals surface area (Å²) in [5, 5.41) is 3.61. The first kappa shape index (κ1) is 13.9. The highest BCUT2D eigenvalue weighted by Crippen LogP contribution is 2.18. The van der Waals surface area contributed by atoms with Crippen molar-refractivity contribution in [2.24, 2.45) is 0 Å². The lowest BCUT2D eigenvalue weighted by Gasteiger charge is -2.30. The smallest absolute Gasteiger partial charge is 0.0630 e. The van der Waals surface area contributed by atoms with Crippen LogP contribution < -0.4 is 5.32 Å². The summed E-state index contributed by atoms with van der Waals surface area (Å²) in [6, 6.07) is 1.34. The van der Waals surface area contributed by atoms with Gasteiger partial charge < -0.3 is 10.1 Å². The van der Waals surface area contributed by atoms with Crippen molar-refractivity contribution in [3.8, 4) is 0 Å². The first-order valence-corrected chi connectivity index (χ1v) is 6.78. The lowest BCUT2D eigenvalue weighted by atomic mass is 10.2.